The molecule has 10 nitrogen and oxygen atoms in total. The first-order valence-corrected chi connectivity index (χ1v) is 17.5. The van der Waals surface area contributed by atoms with E-state index in [9.17, 15) is 19.2 Å². The van der Waals surface area contributed by atoms with Gasteiger partial charge in [-0.25, -0.2) is 0 Å². The summed E-state index contributed by atoms with van der Waals surface area (Å²) in [6.07, 6.45) is 7.48. The molecule has 4 amide bonds. The minimum atomic E-state index is -0.834. The molecule has 2 aromatic carbocycles. The monoisotopic (exact) mass is 642 g/mol. The van der Waals surface area contributed by atoms with Gasteiger partial charge in [-0.3, -0.25) is 19.2 Å². The van der Waals surface area contributed by atoms with Crippen LogP contribution >= 0.6 is 0 Å². The Bertz CT molecular complexity index is 1430. The van der Waals surface area contributed by atoms with Crippen LogP contribution in [-0.2, 0) is 32.1 Å². The van der Waals surface area contributed by atoms with Crippen LogP contribution < -0.4 is 20.9 Å². The maximum absolute atomic E-state index is 14.2. The van der Waals surface area contributed by atoms with Crippen molar-refractivity contribution in [1.29, 1.82) is 0 Å². The number of hydrogen-bond acceptors (Lipinski definition) is 6. The van der Waals surface area contributed by atoms with Gasteiger partial charge in [-0.1, -0.05) is 75.6 Å². The zero-order valence-electron chi connectivity index (χ0n) is 27.9. The average Bonchev–Trinajstić information content (AvgIpc) is 3.34. The number of benzene rings is 2. The Morgan fingerprint density at radius 3 is 2.32 bits per heavy atom. The second kappa shape index (κ2) is 14.5. The molecular formula is C37H50N6O4. The van der Waals surface area contributed by atoms with Gasteiger partial charge in [0.05, 0.1) is 12.7 Å². The fourth-order valence-electron chi connectivity index (χ4n) is 7.94. The molecule has 3 aliphatic heterocycles. The zero-order valence-corrected chi connectivity index (χ0v) is 27.9. The van der Waals surface area contributed by atoms with Crippen molar-refractivity contribution in [2.24, 2.45) is 5.92 Å². The van der Waals surface area contributed by atoms with Gasteiger partial charge in [0.1, 0.15) is 18.1 Å². The molecule has 3 fully saturated rings. The minimum absolute atomic E-state index is 0.0330. The van der Waals surface area contributed by atoms with E-state index in [0.29, 0.717) is 52.0 Å². The second-order valence-electron chi connectivity index (χ2n) is 14.3. The van der Waals surface area contributed by atoms with Gasteiger partial charge in [0, 0.05) is 31.4 Å². The summed E-state index contributed by atoms with van der Waals surface area (Å²) in [6.45, 7) is 5.90. The number of piperidine rings is 1. The molecule has 1 aliphatic carbocycles. The Kier molecular flexibility index (Phi) is 10.2. The number of para-hydroxylation sites is 1. The van der Waals surface area contributed by atoms with Crippen LogP contribution in [0.25, 0.3) is 0 Å². The minimum Gasteiger partial charge on any atom is -0.352 e. The fraction of sp³-hybridized carbons (Fsp3) is 0.568. The van der Waals surface area contributed by atoms with Crippen LogP contribution in [0.5, 0.6) is 0 Å². The quantitative estimate of drug-likeness (QED) is 0.387. The van der Waals surface area contributed by atoms with E-state index in [1.54, 1.807) is 4.90 Å². The number of rotatable bonds is 9. The summed E-state index contributed by atoms with van der Waals surface area (Å²) in [5.41, 5.74) is 2.45. The number of carbonyl (C=O) groups is 4. The van der Waals surface area contributed by atoms with Gasteiger partial charge in [0.2, 0.25) is 17.7 Å². The van der Waals surface area contributed by atoms with Crippen LogP contribution in [0.1, 0.15) is 76.3 Å². The molecule has 4 aliphatic rings. The Morgan fingerprint density at radius 2 is 1.62 bits per heavy atom. The number of likely N-dealkylation sites (tertiary alicyclic amines) is 1. The van der Waals surface area contributed by atoms with Crippen LogP contribution in [0.15, 0.2) is 54.6 Å². The third-order valence-electron chi connectivity index (χ3n) is 10.5. The first-order valence-electron chi connectivity index (χ1n) is 17.5. The molecule has 1 saturated carbocycles. The van der Waals surface area contributed by atoms with Crippen LogP contribution in [0.3, 0.4) is 0 Å². The summed E-state index contributed by atoms with van der Waals surface area (Å²) in [5, 5.41) is 9.59. The second-order valence-corrected chi connectivity index (χ2v) is 14.3. The molecule has 3 heterocycles. The van der Waals surface area contributed by atoms with Crippen LogP contribution in [0.2, 0.25) is 0 Å². The van der Waals surface area contributed by atoms with E-state index >= 15 is 0 Å². The van der Waals surface area contributed by atoms with Gasteiger partial charge in [-0.2, -0.15) is 0 Å². The highest BCUT2D eigenvalue weighted by Gasteiger charge is 2.54. The summed E-state index contributed by atoms with van der Waals surface area (Å²) < 4.78 is 0. The van der Waals surface area contributed by atoms with Gasteiger partial charge < -0.3 is 30.7 Å². The summed E-state index contributed by atoms with van der Waals surface area (Å²) in [4.78, 5) is 60.4. The largest absolute Gasteiger partial charge is 0.352 e. The maximum Gasteiger partial charge on any atom is 0.250 e. The summed E-state index contributed by atoms with van der Waals surface area (Å²) >= 11 is 0. The lowest BCUT2D eigenvalue weighted by atomic mass is 9.85. The van der Waals surface area contributed by atoms with Crippen molar-refractivity contribution in [2.45, 2.75) is 102 Å². The summed E-state index contributed by atoms with van der Waals surface area (Å²) in [5.74, 6) is -0.207. The van der Waals surface area contributed by atoms with Crippen LogP contribution in [-0.4, -0.2) is 83.4 Å². The number of hydrogen-bond donors (Lipinski definition) is 3. The molecule has 0 bridgehead atoms. The highest BCUT2D eigenvalue weighted by Crippen LogP contribution is 2.39. The van der Waals surface area contributed by atoms with Crippen LogP contribution in [0, 0.1) is 5.92 Å². The van der Waals surface area contributed by atoms with Crippen molar-refractivity contribution >= 4 is 29.3 Å². The third-order valence-corrected chi connectivity index (χ3v) is 10.5. The molecule has 2 atom stereocenters. The maximum atomic E-state index is 14.2. The Balaban J connectivity index is 1.13. The SMILES string of the molecule is CC(C)C[C@@H](NC(=O)[C@H]1Cc2ccccc2CN1)C(=O)N1CCC2(CC1)C(=O)N(CC(=O)NC1CCCCC1)CN2c1ccccc1. The molecule has 0 unspecified atom stereocenters. The molecule has 2 aromatic rings. The number of fused-ring (bicyclic) bond motifs is 1. The van der Waals surface area contributed by atoms with Gasteiger partial charge in [-0.15, -0.1) is 0 Å². The number of nitrogens with one attached hydrogen (secondary N) is 3. The first kappa shape index (κ1) is 33.0. The Hall–Kier alpha value is -3.92. The van der Waals surface area contributed by atoms with Crippen molar-refractivity contribution < 1.29 is 19.2 Å². The third kappa shape index (κ3) is 7.32. The fourth-order valence-corrected chi connectivity index (χ4v) is 7.94. The van der Waals surface area contributed by atoms with E-state index < -0.39 is 17.6 Å². The van der Waals surface area contributed by atoms with E-state index in [1.807, 2.05) is 47.4 Å². The van der Waals surface area contributed by atoms with Gasteiger partial charge in [0.25, 0.3) is 5.91 Å². The predicted octanol–water partition coefficient (Wildman–Crippen LogP) is 3.35. The number of nitrogens with zero attached hydrogens (tertiary/aromatic N) is 3. The molecule has 3 N–H and O–H groups in total. The molecule has 2 saturated heterocycles. The normalized spacial score (nSPS) is 21.9. The predicted molar refractivity (Wildman–Crippen MR) is 181 cm³/mol. The summed E-state index contributed by atoms with van der Waals surface area (Å²) in [7, 11) is 0. The zero-order chi connectivity index (χ0) is 33.0. The molecule has 47 heavy (non-hydrogen) atoms. The molecule has 6 rings (SSSR count). The lowest BCUT2D eigenvalue weighted by molar-refractivity contribution is -0.142. The summed E-state index contributed by atoms with van der Waals surface area (Å²) in [6, 6.07) is 17.2. The molecular weight excluding hydrogens is 592 g/mol. The van der Waals surface area contributed by atoms with Crippen molar-refractivity contribution in [1.82, 2.24) is 25.8 Å². The topological polar surface area (TPSA) is 114 Å². The van der Waals surface area contributed by atoms with Gasteiger partial charge >= 0.3 is 0 Å². The Morgan fingerprint density at radius 1 is 0.936 bits per heavy atom. The van der Waals surface area contributed by atoms with E-state index in [-0.39, 0.29) is 42.1 Å². The standard InChI is InChI=1S/C37H50N6O4/c1-26(2)21-32(40-34(45)31-22-27-11-9-10-12-28(27)23-38-31)35(46)41-19-17-37(18-20-41)36(47)42(25-43(37)30-15-7-4-8-16-30)24-33(44)39-29-13-5-3-6-14-29/h4,7-12,15-16,26,29,31-32,38H,3,5-6,13-14,17-25H2,1-2H3,(H,39,44)(H,40,45)/t31-,32-/m1/s1. The lowest BCUT2D eigenvalue weighted by Gasteiger charge is -2.44. The lowest BCUT2D eigenvalue weighted by Crippen LogP contribution is -2.60. The number of anilines is 1. The number of carbonyl (C=O) groups excluding carboxylic acids is 4. The van der Waals surface area contributed by atoms with E-state index in [0.717, 1.165) is 36.9 Å². The molecule has 1 spiro atoms. The molecule has 0 aromatic heterocycles. The smallest absolute Gasteiger partial charge is 0.250 e. The van der Waals surface area contributed by atoms with Gasteiger partial charge in [0.15, 0.2) is 0 Å². The Labute approximate surface area is 278 Å². The van der Waals surface area contributed by atoms with E-state index in [1.165, 1.54) is 12.0 Å². The molecule has 0 radical (unpaired) electrons. The van der Waals surface area contributed by atoms with Crippen molar-refractivity contribution in [2.75, 3.05) is 31.2 Å². The van der Waals surface area contributed by atoms with E-state index in [2.05, 4.69) is 46.8 Å². The average molecular weight is 643 g/mol. The highest BCUT2D eigenvalue weighted by molar-refractivity contribution is 5.97. The number of amides is 4. The molecule has 10 heteroatoms. The van der Waals surface area contributed by atoms with Crippen molar-refractivity contribution in [3.63, 3.8) is 0 Å². The van der Waals surface area contributed by atoms with Crippen LogP contribution in [0.4, 0.5) is 5.69 Å². The van der Waals surface area contributed by atoms with E-state index in [4.69, 9.17) is 0 Å². The first-order chi connectivity index (χ1) is 22.7. The van der Waals surface area contributed by atoms with Gasteiger partial charge in [-0.05, 0) is 67.7 Å². The highest BCUT2D eigenvalue weighted by atomic mass is 16.2. The van der Waals surface area contributed by atoms with Crippen molar-refractivity contribution in [3.05, 3.63) is 65.7 Å². The van der Waals surface area contributed by atoms with Crippen molar-refractivity contribution in [3.8, 4) is 0 Å². The molecule has 252 valence electrons.